The topological polar surface area (TPSA) is 38.8 Å². The summed E-state index contributed by atoms with van der Waals surface area (Å²) in [4.78, 5) is 15.3. The Kier molecular flexibility index (Phi) is 4.15. The Morgan fingerprint density at radius 3 is 2.62 bits per heavy atom. The molecule has 5 atom stereocenters. The van der Waals surface area contributed by atoms with Gasteiger partial charge in [0.15, 0.2) is 11.5 Å². The van der Waals surface area contributed by atoms with Crippen LogP contribution in [0.3, 0.4) is 0 Å². The zero-order valence-electron chi connectivity index (χ0n) is 14.6. The van der Waals surface area contributed by atoms with Gasteiger partial charge in [-0.3, -0.25) is 4.79 Å². The van der Waals surface area contributed by atoms with E-state index in [4.69, 9.17) is 9.47 Å². The number of carbonyl (C=O) groups excluding carboxylic acids is 1. The monoisotopic (exact) mass is 329 g/mol. The van der Waals surface area contributed by atoms with Gasteiger partial charge < -0.3 is 14.4 Å². The van der Waals surface area contributed by atoms with Crippen LogP contribution in [0.15, 0.2) is 24.3 Å². The van der Waals surface area contributed by atoms with Crippen LogP contribution >= 0.6 is 0 Å². The number of likely N-dealkylation sites (tertiary alicyclic amines) is 1. The first-order valence-corrected chi connectivity index (χ1v) is 9.36. The van der Waals surface area contributed by atoms with Crippen molar-refractivity contribution in [3.05, 3.63) is 24.3 Å². The molecule has 0 spiro atoms. The van der Waals surface area contributed by atoms with Gasteiger partial charge in [-0.05, 0) is 63.0 Å². The van der Waals surface area contributed by atoms with Gasteiger partial charge in [-0.15, -0.1) is 0 Å². The Morgan fingerprint density at radius 1 is 1.08 bits per heavy atom. The molecule has 0 radical (unpaired) electrons. The molecule has 2 heterocycles. The van der Waals surface area contributed by atoms with Gasteiger partial charge in [0.25, 0.3) is 5.91 Å². The molecule has 0 N–H and O–H groups in total. The smallest absolute Gasteiger partial charge is 0.267 e. The Morgan fingerprint density at radius 2 is 1.83 bits per heavy atom. The summed E-state index contributed by atoms with van der Waals surface area (Å²) in [6.45, 7) is 5.14. The number of ether oxygens (including phenoxy) is 2. The lowest BCUT2D eigenvalue weighted by atomic mass is 9.74. The van der Waals surface area contributed by atoms with Crippen LogP contribution in [-0.2, 0) is 4.79 Å². The number of para-hydroxylation sites is 2. The second-order valence-corrected chi connectivity index (χ2v) is 7.73. The Hall–Kier alpha value is -1.71. The maximum Gasteiger partial charge on any atom is 0.267 e. The van der Waals surface area contributed by atoms with Crippen LogP contribution in [0.5, 0.6) is 11.5 Å². The van der Waals surface area contributed by atoms with Crippen molar-refractivity contribution < 1.29 is 14.3 Å². The van der Waals surface area contributed by atoms with Gasteiger partial charge in [-0.1, -0.05) is 19.1 Å². The average Bonchev–Trinajstić information content (AvgIpc) is 2.59. The summed E-state index contributed by atoms with van der Waals surface area (Å²) in [5, 5.41) is 0. The lowest BCUT2D eigenvalue weighted by Gasteiger charge is -2.47. The number of piperidine rings is 1. The fraction of sp³-hybridized carbons (Fsp3) is 0.650. The fourth-order valence-electron chi connectivity index (χ4n) is 4.72. The minimum Gasteiger partial charge on any atom is -0.482 e. The van der Waals surface area contributed by atoms with E-state index in [1.54, 1.807) is 0 Å². The van der Waals surface area contributed by atoms with Crippen molar-refractivity contribution in [2.24, 2.45) is 11.8 Å². The first-order valence-electron chi connectivity index (χ1n) is 9.36. The Labute approximate surface area is 144 Å². The predicted molar refractivity (Wildman–Crippen MR) is 92.2 cm³/mol. The normalized spacial score (nSPS) is 35.2. The zero-order chi connectivity index (χ0) is 16.7. The molecule has 1 saturated heterocycles. The molecule has 2 fully saturated rings. The molecule has 4 nitrogen and oxygen atoms in total. The summed E-state index contributed by atoms with van der Waals surface area (Å²) in [6.07, 6.45) is 5.21. The van der Waals surface area contributed by atoms with Gasteiger partial charge in [0, 0.05) is 12.6 Å². The highest BCUT2D eigenvalue weighted by Crippen LogP contribution is 2.39. The minimum absolute atomic E-state index is 0.112. The van der Waals surface area contributed by atoms with E-state index in [9.17, 15) is 4.79 Å². The summed E-state index contributed by atoms with van der Waals surface area (Å²) in [6, 6.07) is 8.01. The van der Waals surface area contributed by atoms with Crippen LogP contribution in [0, 0.1) is 11.8 Å². The van der Waals surface area contributed by atoms with E-state index in [0.717, 1.165) is 31.1 Å². The molecular weight excluding hydrogens is 302 g/mol. The number of benzene rings is 1. The third-order valence-corrected chi connectivity index (χ3v) is 5.95. The maximum absolute atomic E-state index is 13.2. The Balaban J connectivity index is 1.53. The van der Waals surface area contributed by atoms with Crippen LogP contribution in [0.2, 0.25) is 0 Å². The van der Waals surface area contributed by atoms with E-state index in [-0.39, 0.29) is 12.0 Å². The van der Waals surface area contributed by atoms with Crippen LogP contribution in [0.1, 0.15) is 46.0 Å². The molecule has 0 unspecified atom stereocenters. The first-order chi connectivity index (χ1) is 11.6. The predicted octanol–water partition coefficient (Wildman–Crippen LogP) is 3.64. The minimum atomic E-state index is -0.530. The van der Waals surface area contributed by atoms with E-state index >= 15 is 0 Å². The van der Waals surface area contributed by atoms with Crippen LogP contribution in [-0.4, -0.2) is 35.6 Å². The van der Waals surface area contributed by atoms with Crippen molar-refractivity contribution in [1.82, 2.24) is 4.90 Å². The summed E-state index contributed by atoms with van der Waals surface area (Å²) in [5.41, 5.74) is 0. The van der Waals surface area contributed by atoms with Gasteiger partial charge in [-0.25, -0.2) is 0 Å². The molecule has 2 aliphatic heterocycles. The number of hydrogen-bond donors (Lipinski definition) is 0. The Bertz CT molecular complexity index is 617. The number of amides is 1. The molecule has 1 amide bonds. The molecule has 0 aromatic heterocycles. The highest BCUT2D eigenvalue weighted by atomic mass is 16.6. The standard InChI is InChI=1S/C20H27NO3/c1-13-9-10-16-15(12-13)6-5-11-21(16)20(22)19-14(2)23-17-7-3-4-8-18(17)24-19/h3-4,7-8,13-16,19H,5-6,9-12H2,1-2H3/t13-,14+,15-,16-,19+/m1/s1. The van der Waals surface area contributed by atoms with Gasteiger partial charge >= 0.3 is 0 Å². The number of hydrogen-bond acceptors (Lipinski definition) is 3. The van der Waals surface area contributed by atoms with Crippen LogP contribution in [0.4, 0.5) is 0 Å². The van der Waals surface area contributed by atoms with Gasteiger partial charge in [0.1, 0.15) is 6.10 Å². The van der Waals surface area contributed by atoms with Crippen molar-refractivity contribution in [2.45, 2.75) is 64.2 Å². The van der Waals surface area contributed by atoms with E-state index in [0.29, 0.717) is 17.7 Å². The largest absolute Gasteiger partial charge is 0.482 e. The van der Waals surface area contributed by atoms with Crippen LogP contribution < -0.4 is 9.47 Å². The van der Waals surface area contributed by atoms with Crippen molar-refractivity contribution in [1.29, 1.82) is 0 Å². The summed E-state index contributed by atoms with van der Waals surface area (Å²) >= 11 is 0. The molecule has 0 bridgehead atoms. The van der Waals surface area contributed by atoms with Gasteiger partial charge in [-0.2, -0.15) is 0 Å². The van der Waals surface area contributed by atoms with Gasteiger partial charge in [0.2, 0.25) is 6.10 Å². The lowest BCUT2D eigenvalue weighted by molar-refractivity contribution is -0.151. The van der Waals surface area contributed by atoms with E-state index < -0.39 is 6.10 Å². The van der Waals surface area contributed by atoms with Crippen molar-refractivity contribution >= 4 is 5.91 Å². The van der Waals surface area contributed by atoms with Crippen molar-refractivity contribution in [3.63, 3.8) is 0 Å². The van der Waals surface area contributed by atoms with E-state index in [2.05, 4.69) is 11.8 Å². The second-order valence-electron chi connectivity index (χ2n) is 7.73. The summed E-state index contributed by atoms with van der Waals surface area (Å²) in [5.74, 6) is 2.98. The zero-order valence-corrected chi connectivity index (χ0v) is 14.6. The third kappa shape index (κ3) is 2.76. The van der Waals surface area contributed by atoms with Crippen molar-refractivity contribution in [3.8, 4) is 11.5 Å². The number of carbonyl (C=O) groups is 1. The molecule has 1 aliphatic carbocycles. The van der Waals surface area contributed by atoms with E-state index in [1.165, 1.54) is 19.3 Å². The number of rotatable bonds is 1. The molecule has 1 aromatic rings. The molecule has 3 aliphatic rings. The van der Waals surface area contributed by atoms with Crippen LogP contribution in [0.25, 0.3) is 0 Å². The molecule has 4 heteroatoms. The van der Waals surface area contributed by atoms with Crippen molar-refractivity contribution in [2.75, 3.05) is 6.54 Å². The lowest BCUT2D eigenvalue weighted by Crippen LogP contribution is -2.57. The molecule has 130 valence electrons. The molecular formula is C20H27NO3. The summed E-state index contributed by atoms with van der Waals surface area (Å²) < 4.78 is 12.0. The highest BCUT2D eigenvalue weighted by Gasteiger charge is 2.43. The molecule has 1 aromatic carbocycles. The summed E-state index contributed by atoms with van der Waals surface area (Å²) in [7, 11) is 0. The first kappa shape index (κ1) is 15.8. The average molecular weight is 329 g/mol. The second kappa shape index (κ2) is 6.30. The third-order valence-electron chi connectivity index (χ3n) is 5.95. The fourth-order valence-corrected chi connectivity index (χ4v) is 4.72. The molecule has 24 heavy (non-hydrogen) atoms. The van der Waals surface area contributed by atoms with Gasteiger partial charge in [0.05, 0.1) is 0 Å². The number of nitrogens with zero attached hydrogens (tertiary/aromatic N) is 1. The molecule has 4 rings (SSSR count). The highest BCUT2D eigenvalue weighted by molar-refractivity contribution is 5.83. The SMILES string of the molecule is C[C@@H]1CC[C@@H]2[C@H](CCCN2C(=O)[C@H]2Oc3ccccc3O[C@H]2C)C1. The quantitative estimate of drug-likeness (QED) is 0.789. The molecule has 1 saturated carbocycles. The number of fused-ring (bicyclic) bond motifs is 2. The van der Waals surface area contributed by atoms with E-state index in [1.807, 2.05) is 31.2 Å². The maximum atomic E-state index is 13.2.